The first-order valence-electron chi connectivity index (χ1n) is 6.08. The molecular weight excluding hydrogens is 246 g/mol. The molecule has 0 heterocycles. The summed E-state index contributed by atoms with van der Waals surface area (Å²) >= 11 is 0. The van der Waals surface area contributed by atoms with Crippen LogP contribution in [0.1, 0.15) is 29.2 Å². The summed E-state index contributed by atoms with van der Waals surface area (Å²) in [6, 6.07) is 9.54. The van der Waals surface area contributed by atoms with Crippen LogP contribution in [0.15, 0.2) is 36.4 Å². The summed E-state index contributed by atoms with van der Waals surface area (Å²) in [6.45, 7) is 4.82. The Morgan fingerprint density at radius 3 is 2.37 bits per heavy atom. The van der Waals surface area contributed by atoms with Crippen LogP contribution in [-0.4, -0.2) is 5.11 Å². The number of aryl methyl sites for hydroxylation is 2. The standard InChI is InChI=1S/C16H16F2O/c1-10-5-4-6-12(9-10)16(3,19)14-13(17)8-7-11(2)15(14)18/h4-9,19H,1-3H3. The van der Waals surface area contributed by atoms with E-state index in [1.165, 1.54) is 19.1 Å². The summed E-state index contributed by atoms with van der Waals surface area (Å²) in [4.78, 5) is 0. The minimum Gasteiger partial charge on any atom is -0.380 e. The molecule has 2 rings (SSSR count). The lowest BCUT2D eigenvalue weighted by Gasteiger charge is -2.26. The fraction of sp³-hybridized carbons (Fsp3) is 0.250. The van der Waals surface area contributed by atoms with Crippen LogP contribution in [0.3, 0.4) is 0 Å². The van der Waals surface area contributed by atoms with Gasteiger partial charge in [0.1, 0.15) is 17.2 Å². The minimum atomic E-state index is -1.70. The average molecular weight is 262 g/mol. The highest BCUT2D eigenvalue weighted by atomic mass is 19.1. The van der Waals surface area contributed by atoms with Gasteiger partial charge in [0.05, 0.1) is 5.56 Å². The van der Waals surface area contributed by atoms with Crippen molar-refractivity contribution < 1.29 is 13.9 Å². The first-order chi connectivity index (χ1) is 8.84. The maximum atomic E-state index is 14.1. The molecule has 0 fully saturated rings. The zero-order valence-corrected chi connectivity index (χ0v) is 11.2. The Bertz CT molecular complexity index is 618. The van der Waals surface area contributed by atoms with Crippen molar-refractivity contribution in [2.75, 3.05) is 0 Å². The van der Waals surface area contributed by atoms with E-state index < -0.39 is 17.2 Å². The van der Waals surface area contributed by atoms with E-state index in [-0.39, 0.29) is 5.56 Å². The quantitative estimate of drug-likeness (QED) is 0.872. The Balaban J connectivity index is 2.66. The van der Waals surface area contributed by atoms with Gasteiger partial charge in [0.2, 0.25) is 0 Å². The Kier molecular flexibility index (Phi) is 3.42. The van der Waals surface area contributed by atoms with E-state index in [4.69, 9.17) is 0 Å². The molecule has 0 aromatic heterocycles. The summed E-state index contributed by atoms with van der Waals surface area (Å²) in [7, 11) is 0. The molecule has 0 saturated carbocycles. The summed E-state index contributed by atoms with van der Waals surface area (Å²) in [5.74, 6) is -1.44. The highest BCUT2D eigenvalue weighted by Gasteiger charge is 2.32. The van der Waals surface area contributed by atoms with Crippen molar-refractivity contribution in [2.24, 2.45) is 0 Å². The topological polar surface area (TPSA) is 20.2 Å². The largest absolute Gasteiger partial charge is 0.380 e. The van der Waals surface area contributed by atoms with Crippen molar-refractivity contribution in [1.82, 2.24) is 0 Å². The second-order valence-corrected chi connectivity index (χ2v) is 4.99. The molecule has 1 nitrogen and oxygen atoms in total. The molecule has 0 bridgehead atoms. The maximum Gasteiger partial charge on any atom is 0.135 e. The van der Waals surface area contributed by atoms with Gasteiger partial charge in [0.15, 0.2) is 0 Å². The van der Waals surface area contributed by atoms with Gasteiger partial charge in [-0.3, -0.25) is 0 Å². The molecule has 0 aliphatic heterocycles. The minimum absolute atomic E-state index is 0.307. The molecule has 100 valence electrons. The van der Waals surface area contributed by atoms with Crippen LogP contribution in [-0.2, 0) is 5.60 Å². The van der Waals surface area contributed by atoms with E-state index in [2.05, 4.69) is 0 Å². The molecule has 0 amide bonds. The third-order valence-electron chi connectivity index (χ3n) is 3.35. The number of hydrogen-bond donors (Lipinski definition) is 1. The van der Waals surface area contributed by atoms with E-state index in [0.29, 0.717) is 11.1 Å². The molecule has 0 saturated heterocycles. The summed E-state index contributed by atoms with van der Waals surface area (Å²) < 4.78 is 28.1. The van der Waals surface area contributed by atoms with Crippen molar-refractivity contribution in [3.8, 4) is 0 Å². The van der Waals surface area contributed by atoms with Crippen LogP contribution >= 0.6 is 0 Å². The molecule has 3 heteroatoms. The number of hydrogen-bond acceptors (Lipinski definition) is 1. The van der Waals surface area contributed by atoms with Crippen molar-refractivity contribution in [3.05, 3.63) is 70.3 Å². The van der Waals surface area contributed by atoms with Gasteiger partial charge in [-0.2, -0.15) is 0 Å². The van der Waals surface area contributed by atoms with E-state index in [1.807, 2.05) is 13.0 Å². The molecule has 19 heavy (non-hydrogen) atoms. The molecule has 1 atom stereocenters. The fourth-order valence-corrected chi connectivity index (χ4v) is 2.20. The lowest BCUT2D eigenvalue weighted by atomic mass is 9.86. The fourth-order valence-electron chi connectivity index (χ4n) is 2.20. The van der Waals surface area contributed by atoms with Gasteiger partial charge in [-0.05, 0) is 38.0 Å². The summed E-state index contributed by atoms with van der Waals surface area (Å²) in [6.07, 6.45) is 0. The predicted molar refractivity (Wildman–Crippen MR) is 70.9 cm³/mol. The zero-order valence-electron chi connectivity index (χ0n) is 11.2. The van der Waals surface area contributed by atoms with Crippen LogP contribution in [0.5, 0.6) is 0 Å². The number of benzene rings is 2. The Morgan fingerprint density at radius 2 is 1.74 bits per heavy atom. The molecule has 1 unspecified atom stereocenters. The summed E-state index contributed by atoms with van der Waals surface area (Å²) in [5, 5.41) is 10.6. The molecular formula is C16H16F2O. The monoisotopic (exact) mass is 262 g/mol. The van der Waals surface area contributed by atoms with Crippen LogP contribution in [0.2, 0.25) is 0 Å². The van der Waals surface area contributed by atoms with Crippen molar-refractivity contribution in [2.45, 2.75) is 26.4 Å². The van der Waals surface area contributed by atoms with Crippen molar-refractivity contribution in [3.63, 3.8) is 0 Å². The lowest BCUT2D eigenvalue weighted by molar-refractivity contribution is 0.0931. The van der Waals surface area contributed by atoms with Crippen LogP contribution in [0, 0.1) is 25.5 Å². The molecule has 0 spiro atoms. The number of rotatable bonds is 2. The second kappa shape index (κ2) is 4.74. The molecule has 1 N–H and O–H groups in total. The normalized spacial score (nSPS) is 14.2. The molecule has 0 radical (unpaired) electrons. The van der Waals surface area contributed by atoms with Crippen LogP contribution in [0.25, 0.3) is 0 Å². The summed E-state index contributed by atoms with van der Waals surface area (Å²) in [5.41, 5.74) is -0.309. The van der Waals surface area contributed by atoms with Crippen molar-refractivity contribution in [1.29, 1.82) is 0 Å². The van der Waals surface area contributed by atoms with E-state index >= 15 is 0 Å². The zero-order chi connectivity index (χ0) is 14.2. The van der Waals surface area contributed by atoms with Crippen molar-refractivity contribution >= 4 is 0 Å². The van der Waals surface area contributed by atoms with E-state index in [0.717, 1.165) is 5.56 Å². The highest BCUT2D eigenvalue weighted by Crippen LogP contribution is 2.34. The predicted octanol–water partition coefficient (Wildman–Crippen LogP) is 3.84. The number of aliphatic hydroxyl groups is 1. The SMILES string of the molecule is Cc1cccc(C(C)(O)c2c(F)ccc(C)c2F)c1. The first kappa shape index (κ1) is 13.7. The van der Waals surface area contributed by atoms with Gasteiger partial charge < -0.3 is 5.11 Å². The third kappa shape index (κ3) is 2.38. The van der Waals surface area contributed by atoms with Gasteiger partial charge in [-0.25, -0.2) is 8.78 Å². The lowest BCUT2D eigenvalue weighted by Crippen LogP contribution is -2.26. The van der Waals surface area contributed by atoms with Gasteiger partial charge in [0.25, 0.3) is 0 Å². The molecule has 0 aliphatic carbocycles. The second-order valence-electron chi connectivity index (χ2n) is 4.99. The van der Waals surface area contributed by atoms with Crippen LogP contribution in [0.4, 0.5) is 8.78 Å². The molecule has 2 aromatic carbocycles. The maximum absolute atomic E-state index is 14.1. The van der Waals surface area contributed by atoms with Gasteiger partial charge >= 0.3 is 0 Å². The van der Waals surface area contributed by atoms with Crippen LogP contribution < -0.4 is 0 Å². The first-order valence-corrected chi connectivity index (χ1v) is 6.08. The molecule has 2 aromatic rings. The van der Waals surface area contributed by atoms with E-state index in [1.54, 1.807) is 25.1 Å². The number of halogens is 2. The Labute approximate surface area is 111 Å². The van der Waals surface area contributed by atoms with Gasteiger partial charge in [0, 0.05) is 0 Å². The average Bonchev–Trinajstić information content (AvgIpc) is 2.34. The van der Waals surface area contributed by atoms with Gasteiger partial charge in [-0.1, -0.05) is 35.9 Å². The Hall–Kier alpha value is -1.74. The third-order valence-corrected chi connectivity index (χ3v) is 3.35. The van der Waals surface area contributed by atoms with Gasteiger partial charge in [-0.15, -0.1) is 0 Å². The highest BCUT2D eigenvalue weighted by molar-refractivity contribution is 5.40. The smallest absolute Gasteiger partial charge is 0.135 e. The molecule has 0 aliphatic rings. The Morgan fingerprint density at radius 1 is 1.05 bits per heavy atom. The van der Waals surface area contributed by atoms with E-state index in [9.17, 15) is 13.9 Å².